The molecule has 0 fully saturated rings. The molecule has 4 aromatic carbocycles. The summed E-state index contributed by atoms with van der Waals surface area (Å²) in [6.07, 6.45) is 0. The van der Waals surface area contributed by atoms with Crippen LogP contribution in [-0.2, 0) is 0 Å². The zero-order valence-corrected chi connectivity index (χ0v) is 25.4. The number of nitrogens with one attached hydrogen (secondary N) is 3. The van der Waals surface area contributed by atoms with Gasteiger partial charge in [-0.3, -0.25) is 0 Å². The second-order valence-corrected chi connectivity index (χ2v) is 10.7. The van der Waals surface area contributed by atoms with Crippen LogP contribution in [0.15, 0.2) is 90.1 Å². The van der Waals surface area contributed by atoms with Crippen LogP contribution in [0.3, 0.4) is 0 Å². The largest absolute Gasteiger partial charge is 0.324 e. The van der Waals surface area contributed by atoms with Gasteiger partial charge in [-0.25, -0.2) is 27.5 Å². The lowest BCUT2D eigenvalue weighted by Crippen LogP contribution is -2.08. The Hall–Kier alpha value is -4.98. The molecule has 0 radical (unpaired) electrons. The average Bonchev–Trinajstić information content (AvgIpc) is 3.01. The average molecular weight is 682 g/mol. The Morgan fingerprint density at radius 3 is 1.67 bits per heavy atom. The van der Waals surface area contributed by atoms with E-state index in [0.29, 0.717) is 44.8 Å². The van der Waals surface area contributed by atoms with E-state index in [-0.39, 0.29) is 34.4 Å². The molecule has 0 spiro atoms. The smallest absolute Gasteiger partial charge is 0.233 e. The topological polar surface area (TPSA) is 101 Å². The van der Waals surface area contributed by atoms with Gasteiger partial charge in [-0.15, -0.1) is 12.6 Å². The molecule has 0 aliphatic heterocycles. The van der Waals surface area contributed by atoms with Crippen molar-refractivity contribution in [2.45, 2.75) is 5.16 Å². The van der Waals surface area contributed by atoms with Crippen LogP contribution in [0.5, 0.6) is 0 Å². The Balaban J connectivity index is 1.29. The second-order valence-electron chi connectivity index (χ2n) is 9.55. The molecule has 0 aliphatic carbocycles. The third-order valence-electron chi connectivity index (χ3n) is 6.37. The first-order valence-electron chi connectivity index (χ1n) is 13.2. The van der Waals surface area contributed by atoms with Gasteiger partial charge in [-0.05, 0) is 48.5 Å². The number of anilines is 6. The highest BCUT2D eigenvalue weighted by Gasteiger charge is 2.15. The molecule has 6 aromatic rings. The van der Waals surface area contributed by atoms with Crippen molar-refractivity contribution >= 4 is 70.7 Å². The molecule has 0 amide bonds. The zero-order chi connectivity index (χ0) is 32.4. The summed E-state index contributed by atoms with van der Waals surface area (Å²) < 4.78 is 55.6. The number of hydrogen-bond acceptors (Lipinski definition) is 9. The van der Waals surface area contributed by atoms with Crippen LogP contribution >= 0.6 is 35.8 Å². The van der Waals surface area contributed by atoms with Gasteiger partial charge in [0.15, 0.2) is 5.16 Å². The molecular weight excluding hydrogens is 663 g/mol. The summed E-state index contributed by atoms with van der Waals surface area (Å²) in [6.45, 7) is 0. The number of thiol groups is 1. The molecule has 2 heterocycles. The van der Waals surface area contributed by atoms with Crippen molar-refractivity contribution in [2.24, 2.45) is 0 Å². The number of halogens is 6. The number of aromatic nitrogens is 5. The summed E-state index contributed by atoms with van der Waals surface area (Å²) in [5.41, 5.74) is 2.74. The molecule has 2 aromatic heterocycles. The van der Waals surface area contributed by atoms with Gasteiger partial charge in [0.1, 0.15) is 23.3 Å². The van der Waals surface area contributed by atoms with E-state index in [1.54, 1.807) is 48.5 Å². The predicted octanol–water partition coefficient (Wildman–Crippen LogP) is 9.38. The van der Waals surface area contributed by atoms with Crippen LogP contribution in [0.2, 0.25) is 10.0 Å². The number of hydrogen-bond donors (Lipinski definition) is 4. The third-order valence-corrected chi connectivity index (χ3v) is 7.39. The summed E-state index contributed by atoms with van der Waals surface area (Å²) in [5.74, 6) is -3.64. The van der Waals surface area contributed by atoms with E-state index in [4.69, 9.17) is 23.2 Å². The van der Waals surface area contributed by atoms with Crippen LogP contribution in [-0.4, -0.2) is 24.9 Å². The SMILES string of the molecule is Fc1ccc(Nc2nc(Nc3ccc(-c4cc(-c5cccc(Cl)c5Cl)nc(S)n4)cc3)nc(Nc3ccc(F)cc3F)n2)c(F)c1. The first-order chi connectivity index (χ1) is 22.1. The fourth-order valence-corrected chi connectivity index (χ4v) is 4.85. The lowest BCUT2D eigenvalue weighted by molar-refractivity contribution is 0.585. The normalized spacial score (nSPS) is 10.9. The maximum absolute atomic E-state index is 14.4. The summed E-state index contributed by atoms with van der Waals surface area (Å²) in [5, 5.41) is 9.30. The monoisotopic (exact) mass is 680 g/mol. The number of rotatable bonds is 8. The van der Waals surface area contributed by atoms with E-state index >= 15 is 0 Å². The van der Waals surface area contributed by atoms with E-state index in [0.717, 1.165) is 17.7 Å². The molecule has 0 saturated heterocycles. The lowest BCUT2D eigenvalue weighted by Gasteiger charge is -2.13. The van der Waals surface area contributed by atoms with Crippen molar-refractivity contribution in [3.8, 4) is 22.5 Å². The van der Waals surface area contributed by atoms with E-state index in [1.807, 2.05) is 0 Å². The van der Waals surface area contributed by atoms with Crippen molar-refractivity contribution < 1.29 is 17.6 Å². The fraction of sp³-hybridized carbons (Fsp3) is 0. The van der Waals surface area contributed by atoms with Crippen molar-refractivity contribution in [1.82, 2.24) is 24.9 Å². The summed E-state index contributed by atoms with van der Waals surface area (Å²) in [4.78, 5) is 21.5. The summed E-state index contributed by atoms with van der Waals surface area (Å²) >= 11 is 16.9. The van der Waals surface area contributed by atoms with Gasteiger partial charge in [0, 0.05) is 28.9 Å². The van der Waals surface area contributed by atoms with Gasteiger partial charge in [0.25, 0.3) is 0 Å². The molecule has 230 valence electrons. The maximum Gasteiger partial charge on any atom is 0.233 e. The molecule has 0 bridgehead atoms. The van der Waals surface area contributed by atoms with Gasteiger partial charge in [-0.2, -0.15) is 15.0 Å². The highest BCUT2D eigenvalue weighted by molar-refractivity contribution is 7.80. The van der Waals surface area contributed by atoms with Gasteiger partial charge in [-0.1, -0.05) is 47.5 Å². The molecule has 46 heavy (non-hydrogen) atoms. The first kappa shape index (κ1) is 31.0. The predicted molar refractivity (Wildman–Crippen MR) is 173 cm³/mol. The van der Waals surface area contributed by atoms with Crippen molar-refractivity contribution in [2.75, 3.05) is 16.0 Å². The highest BCUT2D eigenvalue weighted by atomic mass is 35.5. The standard InChI is InChI=1S/C31H18Cl2F4N8S/c32-20-3-1-2-19(27(20)33)26-14-25(41-31(46)42-26)15-4-8-18(9-5-15)38-28-43-29(39-23-10-6-16(34)12-21(23)36)45-30(44-28)40-24-11-7-17(35)13-22(24)37/h1-14H,(H,41,42,46)(H3,38,39,40,43,44,45). The minimum absolute atomic E-state index is 0.0182. The van der Waals surface area contributed by atoms with Crippen molar-refractivity contribution in [3.05, 3.63) is 118 Å². The second kappa shape index (κ2) is 13.2. The highest BCUT2D eigenvalue weighted by Crippen LogP contribution is 2.34. The van der Waals surface area contributed by atoms with E-state index in [9.17, 15) is 17.6 Å². The van der Waals surface area contributed by atoms with Crippen molar-refractivity contribution in [1.29, 1.82) is 0 Å². The van der Waals surface area contributed by atoms with E-state index in [1.165, 1.54) is 12.1 Å². The Morgan fingerprint density at radius 1 is 0.565 bits per heavy atom. The molecule has 0 atom stereocenters. The Bertz CT molecular complexity index is 2010. The molecular formula is C31H18Cl2F4N8S. The van der Waals surface area contributed by atoms with E-state index in [2.05, 4.69) is 53.5 Å². The molecule has 8 nitrogen and oxygen atoms in total. The Kier molecular flexibility index (Phi) is 8.88. The van der Waals surface area contributed by atoms with Gasteiger partial charge in [0.05, 0.1) is 32.8 Å². The van der Waals surface area contributed by atoms with Crippen LogP contribution in [0.4, 0.5) is 52.5 Å². The van der Waals surface area contributed by atoms with Crippen LogP contribution in [0.25, 0.3) is 22.5 Å². The molecule has 3 N–H and O–H groups in total. The first-order valence-corrected chi connectivity index (χ1v) is 14.4. The number of benzene rings is 4. The third kappa shape index (κ3) is 7.12. The van der Waals surface area contributed by atoms with Gasteiger partial charge >= 0.3 is 0 Å². The van der Waals surface area contributed by atoms with Crippen LogP contribution in [0.1, 0.15) is 0 Å². The molecule has 15 heteroatoms. The molecule has 0 unspecified atom stereocenters. The zero-order valence-electron chi connectivity index (χ0n) is 23.0. The molecule has 0 saturated carbocycles. The quantitative estimate of drug-likeness (QED) is 0.0717. The van der Waals surface area contributed by atoms with Crippen molar-refractivity contribution in [3.63, 3.8) is 0 Å². The summed E-state index contributed by atoms with van der Waals surface area (Å²) in [6, 6.07) is 19.8. The minimum atomic E-state index is -0.889. The Labute approximate surface area is 274 Å². The number of nitrogens with zero attached hydrogens (tertiary/aromatic N) is 5. The fourth-order valence-electron chi connectivity index (χ4n) is 4.24. The minimum Gasteiger partial charge on any atom is -0.324 e. The van der Waals surface area contributed by atoms with Crippen LogP contribution < -0.4 is 16.0 Å². The van der Waals surface area contributed by atoms with Gasteiger partial charge < -0.3 is 16.0 Å². The van der Waals surface area contributed by atoms with E-state index < -0.39 is 23.3 Å². The summed E-state index contributed by atoms with van der Waals surface area (Å²) in [7, 11) is 0. The van der Waals surface area contributed by atoms with Gasteiger partial charge in [0.2, 0.25) is 17.8 Å². The molecule has 6 rings (SSSR count). The molecule has 0 aliphatic rings. The maximum atomic E-state index is 14.4. The van der Waals surface area contributed by atoms with Crippen LogP contribution in [0, 0.1) is 23.3 Å². The Morgan fingerprint density at radius 2 is 1.11 bits per heavy atom. The lowest BCUT2D eigenvalue weighted by atomic mass is 10.1.